The number of para-hydroxylation sites is 1. The second-order valence-corrected chi connectivity index (χ2v) is 8.46. The van der Waals surface area contributed by atoms with Gasteiger partial charge in [-0.1, -0.05) is 32.0 Å². The molecule has 1 amide bonds. The van der Waals surface area contributed by atoms with Crippen molar-refractivity contribution in [3.8, 4) is 5.75 Å². The zero-order chi connectivity index (χ0) is 18.5. The van der Waals surface area contributed by atoms with Crippen molar-refractivity contribution in [2.75, 3.05) is 6.54 Å². The number of aromatic hydroxyl groups is 1. The summed E-state index contributed by atoms with van der Waals surface area (Å²) in [5, 5.41) is 15.9. The molecule has 0 aliphatic rings. The first-order chi connectivity index (χ1) is 12.6. The minimum absolute atomic E-state index is 0.00121. The fourth-order valence-electron chi connectivity index (χ4n) is 2.70. The van der Waals surface area contributed by atoms with Gasteiger partial charge in [-0.15, -0.1) is 22.7 Å². The summed E-state index contributed by atoms with van der Waals surface area (Å²) in [5.41, 5.74) is 0.302. The van der Waals surface area contributed by atoms with Gasteiger partial charge < -0.3 is 10.4 Å². The molecule has 1 aromatic carbocycles. The number of hydrogen-bond donors (Lipinski definition) is 2. The summed E-state index contributed by atoms with van der Waals surface area (Å²) in [6.45, 7) is 4.86. The predicted octanol–water partition coefficient (Wildman–Crippen LogP) is 4.99. The number of nitrogens with one attached hydrogen (secondary N) is 1. The maximum Gasteiger partial charge on any atom is 0.255 e. The van der Waals surface area contributed by atoms with Crippen molar-refractivity contribution in [1.82, 2.24) is 10.3 Å². The van der Waals surface area contributed by atoms with Gasteiger partial charge in [-0.2, -0.15) is 0 Å². The first-order valence-electron chi connectivity index (χ1n) is 8.61. The third-order valence-electron chi connectivity index (χ3n) is 4.16. The highest BCUT2D eigenvalue weighted by Crippen LogP contribution is 2.35. The Hall–Kier alpha value is -2.18. The van der Waals surface area contributed by atoms with E-state index in [0.717, 1.165) is 11.4 Å². The Labute approximate surface area is 161 Å². The van der Waals surface area contributed by atoms with Crippen molar-refractivity contribution in [2.45, 2.75) is 32.1 Å². The number of thiophene rings is 1. The van der Waals surface area contributed by atoms with Crippen LogP contribution in [0.5, 0.6) is 5.75 Å². The van der Waals surface area contributed by atoms with Crippen LogP contribution in [0.4, 0.5) is 0 Å². The molecule has 1 atom stereocenters. The van der Waals surface area contributed by atoms with E-state index in [1.807, 2.05) is 12.3 Å². The van der Waals surface area contributed by atoms with Crippen LogP contribution in [0.2, 0.25) is 0 Å². The number of amides is 1. The van der Waals surface area contributed by atoms with Gasteiger partial charge in [-0.25, -0.2) is 4.98 Å². The Balaban J connectivity index is 1.69. The Morgan fingerprint density at radius 1 is 1.19 bits per heavy atom. The minimum atomic E-state index is -0.255. The number of carbonyl (C=O) groups is 1. The second kappa shape index (κ2) is 8.47. The highest BCUT2D eigenvalue weighted by atomic mass is 32.1. The zero-order valence-electron chi connectivity index (χ0n) is 14.8. The van der Waals surface area contributed by atoms with E-state index in [2.05, 4.69) is 35.6 Å². The minimum Gasteiger partial charge on any atom is -0.507 e. The maximum atomic E-state index is 12.3. The van der Waals surface area contributed by atoms with Crippen LogP contribution < -0.4 is 5.32 Å². The lowest BCUT2D eigenvalue weighted by Gasteiger charge is -2.14. The number of rotatable bonds is 7. The standard InChI is InChI=1S/C20H22N2O2S2/c1-13(2)18-12-22-20(26-18)15(17-8-5-11-25-17)9-10-21-19(24)14-6-3-4-7-16(14)23/h3-8,11-13,15,23H,9-10H2,1-2H3,(H,21,24). The number of phenols is 1. The molecule has 0 saturated heterocycles. The molecule has 3 aromatic rings. The van der Waals surface area contributed by atoms with Crippen LogP contribution in [0.25, 0.3) is 0 Å². The first kappa shape index (κ1) is 18.6. The third-order valence-corrected chi connectivity index (χ3v) is 6.56. The summed E-state index contributed by atoms with van der Waals surface area (Å²) in [7, 11) is 0. The number of benzene rings is 1. The third kappa shape index (κ3) is 4.31. The van der Waals surface area contributed by atoms with Crippen molar-refractivity contribution < 1.29 is 9.90 Å². The average Bonchev–Trinajstić information content (AvgIpc) is 3.31. The number of hydrogen-bond acceptors (Lipinski definition) is 5. The van der Waals surface area contributed by atoms with Crippen LogP contribution >= 0.6 is 22.7 Å². The fourth-order valence-corrected chi connectivity index (χ4v) is 4.71. The van der Waals surface area contributed by atoms with Gasteiger partial charge in [0, 0.05) is 28.4 Å². The monoisotopic (exact) mass is 386 g/mol. The lowest BCUT2D eigenvalue weighted by molar-refractivity contribution is 0.0950. The number of carbonyl (C=O) groups excluding carboxylic acids is 1. The Morgan fingerprint density at radius 3 is 2.65 bits per heavy atom. The summed E-state index contributed by atoms with van der Waals surface area (Å²) >= 11 is 3.46. The molecular weight excluding hydrogens is 364 g/mol. The molecule has 3 rings (SSSR count). The quantitative estimate of drug-likeness (QED) is 0.601. The van der Waals surface area contributed by atoms with E-state index in [0.29, 0.717) is 18.0 Å². The van der Waals surface area contributed by atoms with Crippen molar-refractivity contribution in [2.24, 2.45) is 0 Å². The van der Waals surface area contributed by atoms with Crippen LogP contribution in [0, 0.1) is 0 Å². The summed E-state index contributed by atoms with van der Waals surface area (Å²) in [4.78, 5) is 19.5. The zero-order valence-corrected chi connectivity index (χ0v) is 16.4. The van der Waals surface area contributed by atoms with Crippen LogP contribution in [0.1, 0.15) is 57.2 Å². The molecule has 0 spiro atoms. The highest BCUT2D eigenvalue weighted by Gasteiger charge is 2.20. The van der Waals surface area contributed by atoms with Gasteiger partial charge in [0.05, 0.1) is 5.56 Å². The Bertz CT molecular complexity index is 856. The van der Waals surface area contributed by atoms with Gasteiger partial charge in [0.1, 0.15) is 10.8 Å². The summed E-state index contributed by atoms with van der Waals surface area (Å²) < 4.78 is 0. The van der Waals surface area contributed by atoms with Crippen molar-refractivity contribution in [3.63, 3.8) is 0 Å². The van der Waals surface area contributed by atoms with Crippen molar-refractivity contribution >= 4 is 28.6 Å². The van der Waals surface area contributed by atoms with Gasteiger partial charge >= 0.3 is 0 Å². The van der Waals surface area contributed by atoms with Crippen LogP contribution in [-0.2, 0) is 0 Å². The van der Waals surface area contributed by atoms with Crippen LogP contribution in [0.3, 0.4) is 0 Å². The van der Waals surface area contributed by atoms with E-state index >= 15 is 0 Å². The van der Waals surface area contributed by atoms with Gasteiger partial charge in [0.15, 0.2) is 0 Å². The molecule has 1 unspecified atom stereocenters. The van der Waals surface area contributed by atoms with E-state index in [4.69, 9.17) is 0 Å². The fraction of sp³-hybridized carbons (Fsp3) is 0.300. The Kier molecular flexibility index (Phi) is 6.06. The number of aromatic nitrogens is 1. The molecule has 26 heavy (non-hydrogen) atoms. The number of phenolic OH excluding ortho intramolecular Hbond substituents is 1. The molecule has 0 radical (unpaired) electrons. The smallest absolute Gasteiger partial charge is 0.255 e. The maximum absolute atomic E-state index is 12.3. The van der Waals surface area contributed by atoms with Crippen LogP contribution in [0.15, 0.2) is 48.0 Å². The average molecular weight is 387 g/mol. The first-order valence-corrected chi connectivity index (χ1v) is 10.3. The molecule has 0 aliphatic carbocycles. The number of thiazole rings is 1. The molecular formula is C20H22N2O2S2. The molecule has 0 bridgehead atoms. The molecule has 6 heteroatoms. The lowest BCUT2D eigenvalue weighted by Crippen LogP contribution is -2.25. The second-order valence-electron chi connectivity index (χ2n) is 6.39. The Morgan fingerprint density at radius 2 is 2.00 bits per heavy atom. The van der Waals surface area contributed by atoms with Crippen LogP contribution in [-0.4, -0.2) is 22.5 Å². The van der Waals surface area contributed by atoms with E-state index in [9.17, 15) is 9.90 Å². The molecule has 0 fully saturated rings. The molecule has 0 aliphatic heterocycles. The van der Waals surface area contributed by atoms with Gasteiger partial charge in [0.2, 0.25) is 0 Å². The predicted molar refractivity (Wildman–Crippen MR) is 107 cm³/mol. The van der Waals surface area contributed by atoms with Gasteiger partial charge in [0.25, 0.3) is 5.91 Å². The van der Waals surface area contributed by atoms with E-state index in [-0.39, 0.29) is 17.6 Å². The SMILES string of the molecule is CC(C)c1cnc(C(CCNC(=O)c2ccccc2O)c2cccs2)s1. The molecule has 4 nitrogen and oxygen atoms in total. The topological polar surface area (TPSA) is 62.2 Å². The van der Waals surface area contributed by atoms with E-state index < -0.39 is 0 Å². The summed E-state index contributed by atoms with van der Waals surface area (Å²) in [6.07, 6.45) is 2.73. The highest BCUT2D eigenvalue weighted by molar-refractivity contribution is 7.12. The lowest BCUT2D eigenvalue weighted by atomic mass is 10.0. The molecule has 2 aromatic heterocycles. The van der Waals surface area contributed by atoms with Gasteiger partial charge in [-0.3, -0.25) is 4.79 Å². The largest absolute Gasteiger partial charge is 0.507 e. The normalized spacial score (nSPS) is 12.3. The van der Waals surface area contributed by atoms with Crippen molar-refractivity contribution in [3.05, 3.63) is 68.3 Å². The van der Waals surface area contributed by atoms with Crippen molar-refractivity contribution in [1.29, 1.82) is 0 Å². The van der Waals surface area contributed by atoms with Gasteiger partial charge in [-0.05, 0) is 35.9 Å². The molecule has 136 valence electrons. The summed E-state index contributed by atoms with van der Waals surface area (Å²) in [5.74, 6) is 0.388. The van der Waals surface area contributed by atoms with E-state index in [1.54, 1.807) is 40.9 Å². The summed E-state index contributed by atoms with van der Waals surface area (Å²) in [6, 6.07) is 10.8. The molecule has 2 heterocycles. The number of nitrogens with zero attached hydrogens (tertiary/aromatic N) is 1. The molecule has 2 N–H and O–H groups in total. The molecule has 0 saturated carbocycles. The van der Waals surface area contributed by atoms with E-state index in [1.165, 1.54) is 15.8 Å².